The van der Waals surface area contributed by atoms with Gasteiger partial charge in [-0.15, -0.1) is 12.4 Å². The van der Waals surface area contributed by atoms with Crippen LogP contribution in [0.15, 0.2) is 30.3 Å². The maximum absolute atomic E-state index is 11.9. The Morgan fingerprint density at radius 2 is 2.14 bits per heavy atom. The Kier molecular flexibility index (Phi) is 7.72. The summed E-state index contributed by atoms with van der Waals surface area (Å²) in [6.45, 7) is 2.95. The highest BCUT2D eigenvalue weighted by atomic mass is 35.5. The third kappa shape index (κ3) is 6.04. The van der Waals surface area contributed by atoms with E-state index in [1.807, 2.05) is 37.3 Å². The molecule has 0 aliphatic carbocycles. The molecule has 4 nitrogen and oxygen atoms in total. The molecule has 0 radical (unpaired) electrons. The lowest BCUT2D eigenvalue weighted by Gasteiger charge is -2.19. The van der Waals surface area contributed by atoms with Crippen molar-refractivity contribution < 1.29 is 9.90 Å². The van der Waals surface area contributed by atoms with Crippen LogP contribution < -0.4 is 10.6 Å². The number of halogens is 1. The summed E-state index contributed by atoms with van der Waals surface area (Å²) >= 11 is 0. The van der Waals surface area contributed by atoms with Crippen molar-refractivity contribution in [2.45, 2.75) is 50.8 Å². The molecule has 1 aliphatic heterocycles. The molecule has 5 heteroatoms. The standard InChI is InChI=1S/C16H24N2O2.ClH/c1-12(10-15(19)13-6-3-2-4-7-13)18-16(20)11-14-8-5-9-17-14;/h2-4,6-7,12,14-15,17,19H,5,8-11H2,1H3,(H,18,20);1H. The molecule has 0 spiro atoms. The number of aliphatic hydroxyl groups is 1. The second-order valence-corrected chi connectivity index (χ2v) is 5.63. The maximum atomic E-state index is 11.9. The molecule has 2 rings (SSSR count). The number of benzene rings is 1. The molecular weight excluding hydrogens is 288 g/mol. The van der Waals surface area contributed by atoms with Gasteiger partial charge in [0.1, 0.15) is 0 Å². The first kappa shape index (κ1) is 18.0. The summed E-state index contributed by atoms with van der Waals surface area (Å²) in [5.74, 6) is 0.0668. The van der Waals surface area contributed by atoms with Gasteiger partial charge in [0.2, 0.25) is 5.91 Å². The SMILES string of the molecule is CC(CC(O)c1ccccc1)NC(=O)CC1CCCN1.Cl. The summed E-state index contributed by atoms with van der Waals surface area (Å²) < 4.78 is 0. The number of amides is 1. The van der Waals surface area contributed by atoms with Gasteiger partial charge in [0.25, 0.3) is 0 Å². The lowest BCUT2D eigenvalue weighted by molar-refractivity contribution is -0.122. The molecule has 1 saturated heterocycles. The van der Waals surface area contributed by atoms with Crippen LogP contribution in [0.1, 0.15) is 44.3 Å². The van der Waals surface area contributed by atoms with Crippen LogP contribution in [0.5, 0.6) is 0 Å². The van der Waals surface area contributed by atoms with E-state index in [4.69, 9.17) is 0 Å². The molecule has 1 amide bonds. The first-order valence-electron chi connectivity index (χ1n) is 7.41. The predicted molar refractivity (Wildman–Crippen MR) is 86.5 cm³/mol. The minimum Gasteiger partial charge on any atom is -0.388 e. The molecule has 21 heavy (non-hydrogen) atoms. The van der Waals surface area contributed by atoms with E-state index in [2.05, 4.69) is 10.6 Å². The zero-order chi connectivity index (χ0) is 14.4. The van der Waals surface area contributed by atoms with Crippen LogP contribution in [0.3, 0.4) is 0 Å². The topological polar surface area (TPSA) is 61.4 Å². The number of hydrogen-bond acceptors (Lipinski definition) is 3. The lowest BCUT2D eigenvalue weighted by Crippen LogP contribution is -2.37. The molecule has 1 fully saturated rings. The number of rotatable bonds is 6. The van der Waals surface area contributed by atoms with E-state index in [0.29, 0.717) is 18.9 Å². The van der Waals surface area contributed by atoms with Gasteiger partial charge in [0, 0.05) is 18.5 Å². The van der Waals surface area contributed by atoms with E-state index >= 15 is 0 Å². The molecule has 118 valence electrons. The first-order valence-corrected chi connectivity index (χ1v) is 7.41. The lowest BCUT2D eigenvalue weighted by atomic mass is 10.0. The normalized spacial score (nSPS) is 20.4. The maximum Gasteiger partial charge on any atom is 0.221 e. The van der Waals surface area contributed by atoms with Gasteiger partial charge < -0.3 is 15.7 Å². The highest BCUT2D eigenvalue weighted by molar-refractivity contribution is 5.85. The van der Waals surface area contributed by atoms with Gasteiger partial charge in [-0.25, -0.2) is 0 Å². The smallest absolute Gasteiger partial charge is 0.221 e. The van der Waals surface area contributed by atoms with Crippen molar-refractivity contribution >= 4 is 18.3 Å². The Morgan fingerprint density at radius 3 is 2.76 bits per heavy atom. The van der Waals surface area contributed by atoms with Gasteiger partial charge in [-0.05, 0) is 38.3 Å². The van der Waals surface area contributed by atoms with Crippen LogP contribution in [0.2, 0.25) is 0 Å². The Balaban J connectivity index is 0.00000220. The molecule has 0 aromatic heterocycles. The summed E-state index contributed by atoms with van der Waals surface area (Å²) in [7, 11) is 0. The molecule has 0 saturated carbocycles. The number of aliphatic hydroxyl groups excluding tert-OH is 1. The van der Waals surface area contributed by atoms with Crippen LogP contribution >= 0.6 is 12.4 Å². The summed E-state index contributed by atoms with van der Waals surface area (Å²) in [5, 5.41) is 16.4. The van der Waals surface area contributed by atoms with Crippen molar-refractivity contribution in [1.82, 2.24) is 10.6 Å². The quantitative estimate of drug-likeness (QED) is 0.754. The zero-order valence-electron chi connectivity index (χ0n) is 12.4. The van der Waals surface area contributed by atoms with E-state index in [1.165, 1.54) is 0 Å². The van der Waals surface area contributed by atoms with E-state index in [1.54, 1.807) is 0 Å². The van der Waals surface area contributed by atoms with Crippen LogP contribution in [0.25, 0.3) is 0 Å². The summed E-state index contributed by atoms with van der Waals surface area (Å²) in [5.41, 5.74) is 0.894. The van der Waals surface area contributed by atoms with Crippen molar-refractivity contribution in [3.05, 3.63) is 35.9 Å². The second-order valence-electron chi connectivity index (χ2n) is 5.63. The third-order valence-electron chi connectivity index (χ3n) is 3.76. The molecule has 0 bridgehead atoms. The van der Waals surface area contributed by atoms with Crippen molar-refractivity contribution in [3.8, 4) is 0 Å². The molecular formula is C16H25ClN2O2. The van der Waals surface area contributed by atoms with Crippen LogP contribution in [0.4, 0.5) is 0 Å². The van der Waals surface area contributed by atoms with Gasteiger partial charge in [0.05, 0.1) is 6.10 Å². The molecule has 3 unspecified atom stereocenters. The van der Waals surface area contributed by atoms with E-state index in [-0.39, 0.29) is 24.4 Å². The highest BCUT2D eigenvalue weighted by Gasteiger charge is 2.19. The Labute approximate surface area is 132 Å². The Hall–Kier alpha value is -1.10. The molecule has 1 aromatic rings. The Bertz CT molecular complexity index is 422. The fraction of sp³-hybridized carbons (Fsp3) is 0.562. The predicted octanol–water partition coefficient (Wildman–Crippen LogP) is 2.18. The summed E-state index contributed by atoms with van der Waals surface area (Å²) in [4.78, 5) is 11.9. The van der Waals surface area contributed by atoms with E-state index < -0.39 is 6.10 Å². The van der Waals surface area contributed by atoms with Crippen LogP contribution in [-0.4, -0.2) is 29.6 Å². The molecule has 1 heterocycles. The van der Waals surface area contributed by atoms with Crippen LogP contribution in [-0.2, 0) is 4.79 Å². The first-order chi connectivity index (χ1) is 9.65. The van der Waals surface area contributed by atoms with Crippen molar-refractivity contribution in [3.63, 3.8) is 0 Å². The van der Waals surface area contributed by atoms with E-state index in [0.717, 1.165) is 24.9 Å². The third-order valence-corrected chi connectivity index (χ3v) is 3.76. The second kappa shape index (κ2) is 9.03. The minimum absolute atomic E-state index is 0. The fourth-order valence-corrected chi connectivity index (χ4v) is 2.69. The van der Waals surface area contributed by atoms with Gasteiger partial charge >= 0.3 is 0 Å². The highest BCUT2D eigenvalue weighted by Crippen LogP contribution is 2.18. The van der Waals surface area contributed by atoms with Crippen LogP contribution in [0, 0.1) is 0 Å². The molecule has 1 aliphatic rings. The van der Waals surface area contributed by atoms with E-state index in [9.17, 15) is 9.90 Å². The van der Waals surface area contributed by atoms with Gasteiger partial charge in [-0.1, -0.05) is 30.3 Å². The summed E-state index contributed by atoms with van der Waals surface area (Å²) in [6.07, 6.45) is 2.77. The Morgan fingerprint density at radius 1 is 1.43 bits per heavy atom. The number of nitrogens with one attached hydrogen (secondary N) is 2. The van der Waals surface area contributed by atoms with Crippen molar-refractivity contribution in [2.24, 2.45) is 0 Å². The fourth-order valence-electron chi connectivity index (χ4n) is 2.69. The average molecular weight is 313 g/mol. The largest absolute Gasteiger partial charge is 0.388 e. The molecule has 3 N–H and O–H groups in total. The van der Waals surface area contributed by atoms with Crippen molar-refractivity contribution in [2.75, 3.05) is 6.54 Å². The van der Waals surface area contributed by atoms with Gasteiger partial charge in [-0.3, -0.25) is 4.79 Å². The number of carbonyl (C=O) groups is 1. The zero-order valence-corrected chi connectivity index (χ0v) is 13.2. The monoisotopic (exact) mass is 312 g/mol. The minimum atomic E-state index is -0.531. The summed E-state index contributed by atoms with van der Waals surface area (Å²) in [6, 6.07) is 9.85. The van der Waals surface area contributed by atoms with Gasteiger partial charge in [0.15, 0.2) is 0 Å². The van der Waals surface area contributed by atoms with Gasteiger partial charge in [-0.2, -0.15) is 0 Å². The number of hydrogen-bond donors (Lipinski definition) is 3. The molecule has 1 aromatic carbocycles. The number of carbonyl (C=O) groups excluding carboxylic acids is 1. The van der Waals surface area contributed by atoms with Crippen molar-refractivity contribution in [1.29, 1.82) is 0 Å². The average Bonchev–Trinajstić information content (AvgIpc) is 2.92. The molecule has 3 atom stereocenters.